The second kappa shape index (κ2) is 14.7. The molecule has 6 rings (SSSR count). The molecular formula is C35H49N7O3. The largest absolute Gasteiger partial charge is 0.465 e. The van der Waals surface area contributed by atoms with Gasteiger partial charge in [0, 0.05) is 49.5 Å². The van der Waals surface area contributed by atoms with E-state index >= 15 is 0 Å². The summed E-state index contributed by atoms with van der Waals surface area (Å²) in [6.07, 6.45) is 19.6. The number of rotatable bonds is 11. The number of carbonyl (C=O) groups is 2. The van der Waals surface area contributed by atoms with Gasteiger partial charge in [-0.3, -0.25) is 9.59 Å². The van der Waals surface area contributed by atoms with Crippen molar-refractivity contribution in [1.29, 1.82) is 0 Å². The Balaban J connectivity index is 1.01. The maximum Gasteiger partial charge on any atom is 0.325 e. The smallest absolute Gasteiger partial charge is 0.325 e. The highest BCUT2D eigenvalue weighted by Crippen LogP contribution is 2.42. The first-order valence-corrected chi connectivity index (χ1v) is 17.0. The summed E-state index contributed by atoms with van der Waals surface area (Å²) in [7, 11) is 0. The number of H-pyrrole nitrogens is 1. The number of esters is 1. The zero-order valence-electron chi connectivity index (χ0n) is 26.8. The van der Waals surface area contributed by atoms with Crippen LogP contribution in [-0.4, -0.2) is 80.0 Å². The van der Waals surface area contributed by atoms with Crippen molar-refractivity contribution in [2.75, 3.05) is 32.8 Å². The van der Waals surface area contributed by atoms with Gasteiger partial charge in [0.2, 0.25) is 0 Å². The number of nitrogens with one attached hydrogen (secondary N) is 2. The summed E-state index contributed by atoms with van der Waals surface area (Å²) in [5.74, 6) is 1.43. The van der Waals surface area contributed by atoms with Gasteiger partial charge < -0.3 is 29.4 Å². The summed E-state index contributed by atoms with van der Waals surface area (Å²) in [6.45, 7) is 6.95. The summed E-state index contributed by atoms with van der Waals surface area (Å²) >= 11 is 0. The number of hydrogen-bond acceptors (Lipinski definition) is 7. The summed E-state index contributed by atoms with van der Waals surface area (Å²) in [5, 5.41) is 3.55. The predicted molar refractivity (Wildman–Crippen MR) is 172 cm³/mol. The first-order valence-electron chi connectivity index (χ1n) is 17.0. The van der Waals surface area contributed by atoms with E-state index in [0.29, 0.717) is 25.0 Å². The zero-order valence-corrected chi connectivity index (χ0v) is 26.8. The summed E-state index contributed by atoms with van der Waals surface area (Å²) in [4.78, 5) is 42.5. The Hall–Kier alpha value is -3.50. The Morgan fingerprint density at radius 2 is 1.73 bits per heavy atom. The molecule has 3 aliphatic rings. The van der Waals surface area contributed by atoms with Crippen molar-refractivity contribution in [1.82, 2.24) is 34.6 Å². The van der Waals surface area contributed by atoms with Gasteiger partial charge in [-0.2, -0.15) is 0 Å². The van der Waals surface area contributed by atoms with Crippen LogP contribution in [0.2, 0.25) is 0 Å². The highest BCUT2D eigenvalue weighted by atomic mass is 16.5. The quantitative estimate of drug-likeness (QED) is 0.296. The van der Waals surface area contributed by atoms with E-state index in [2.05, 4.69) is 42.2 Å². The minimum Gasteiger partial charge on any atom is -0.465 e. The minimum atomic E-state index is -0.284. The number of carbonyl (C=O) groups excluding carboxylic acids is 2. The van der Waals surface area contributed by atoms with Crippen LogP contribution in [0.15, 0.2) is 49.1 Å². The standard InChI is InChI=1S/C35H49N7O3/c1-2-45-32(43)26-42-23-18-36-31(42)25-39-30(33-37-16-17-38-33)24-27-8-10-28(11-9-27)34(44)41-21-14-35(15-22-41)12-19-40(20-13-35)29-6-4-3-5-7-29/h8-11,16-18,23,29-30,39H,2-7,12-15,19-22,24-26H2,1H3,(H,37,38). The van der Waals surface area contributed by atoms with Crippen molar-refractivity contribution < 1.29 is 14.3 Å². The van der Waals surface area contributed by atoms with Gasteiger partial charge >= 0.3 is 5.97 Å². The van der Waals surface area contributed by atoms with Crippen molar-refractivity contribution in [2.45, 2.75) is 96.3 Å². The molecule has 1 atom stereocenters. The lowest BCUT2D eigenvalue weighted by Gasteiger charge is -2.49. The molecule has 2 N–H and O–H groups in total. The minimum absolute atomic E-state index is 0.0999. The third-order valence-electron chi connectivity index (χ3n) is 10.5. The first kappa shape index (κ1) is 31.5. The molecule has 0 bridgehead atoms. The van der Waals surface area contributed by atoms with E-state index in [1.807, 2.05) is 18.3 Å². The molecule has 3 fully saturated rings. The second-order valence-electron chi connectivity index (χ2n) is 13.2. The number of aromatic amines is 1. The van der Waals surface area contributed by atoms with Crippen LogP contribution in [0.5, 0.6) is 0 Å². The lowest BCUT2D eigenvalue weighted by atomic mass is 9.70. The van der Waals surface area contributed by atoms with Crippen molar-refractivity contribution in [2.24, 2.45) is 5.41 Å². The fraction of sp³-hybridized carbons (Fsp3) is 0.600. The van der Waals surface area contributed by atoms with Crippen LogP contribution in [-0.2, 0) is 29.0 Å². The lowest BCUT2D eigenvalue weighted by Crippen LogP contribution is -2.50. The van der Waals surface area contributed by atoms with Gasteiger partial charge in [-0.05, 0) is 88.1 Å². The molecule has 242 valence electrons. The molecule has 1 aliphatic carbocycles. The summed E-state index contributed by atoms with van der Waals surface area (Å²) in [5.41, 5.74) is 2.29. The van der Waals surface area contributed by atoms with Gasteiger partial charge in [-0.15, -0.1) is 0 Å². The highest BCUT2D eigenvalue weighted by Gasteiger charge is 2.40. The monoisotopic (exact) mass is 615 g/mol. The van der Waals surface area contributed by atoms with Gasteiger partial charge in [0.15, 0.2) is 0 Å². The number of hydrogen-bond donors (Lipinski definition) is 2. The SMILES string of the molecule is CCOC(=O)Cn1ccnc1CNC(Cc1ccc(C(=O)N2CCC3(CC2)CCN(C2CCCCC2)CC3)cc1)c1ncc[nH]1. The molecule has 2 aliphatic heterocycles. The number of amides is 1. The maximum absolute atomic E-state index is 13.5. The first-order chi connectivity index (χ1) is 22.0. The average molecular weight is 616 g/mol. The normalized spacial score (nSPS) is 19.9. The topological polar surface area (TPSA) is 108 Å². The predicted octanol–water partition coefficient (Wildman–Crippen LogP) is 4.89. The number of benzene rings is 1. The fourth-order valence-corrected chi connectivity index (χ4v) is 7.64. The molecule has 1 aromatic carbocycles. The Morgan fingerprint density at radius 1 is 1.00 bits per heavy atom. The molecule has 3 aromatic rings. The van der Waals surface area contributed by atoms with Crippen LogP contribution in [0, 0.1) is 5.41 Å². The molecule has 1 spiro atoms. The number of ether oxygens (including phenoxy) is 1. The molecule has 1 unspecified atom stereocenters. The van der Waals surface area contributed by atoms with Gasteiger partial charge in [0.05, 0.1) is 19.2 Å². The molecular weight excluding hydrogens is 566 g/mol. The summed E-state index contributed by atoms with van der Waals surface area (Å²) in [6, 6.07) is 8.76. The third-order valence-corrected chi connectivity index (χ3v) is 10.5. The number of likely N-dealkylation sites (tertiary alicyclic amines) is 2. The number of piperidine rings is 2. The fourth-order valence-electron chi connectivity index (χ4n) is 7.64. The Kier molecular flexibility index (Phi) is 10.3. The number of nitrogens with zero attached hydrogens (tertiary/aromatic N) is 5. The molecule has 4 heterocycles. The second-order valence-corrected chi connectivity index (χ2v) is 13.2. The molecule has 1 saturated carbocycles. The molecule has 45 heavy (non-hydrogen) atoms. The van der Waals surface area contributed by atoms with Crippen molar-refractivity contribution in [3.8, 4) is 0 Å². The Labute approximate surface area is 266 Å². The van der Waals surface area contributed by atoms with Crippen LogP contribution in [0.3, 0.4) is 0 Å². The van der Waals surface area contributed by atoms with Crippen molar-refractivity contribution in [3.63, 3.8) is 0 Å². The number of aromatic nitrogens is 4. The van der Waals surface area contributed by atoms with Crippen molar-refractivity contribution >= 4 is 11.9 Å². The van der Waals surface area contributed by atoms with Crippen molar-refractivity contribution in [3.05, 3.63) is 71.8 Å². The van der Waals surface area contributed by atoms with Crippen LogP contribution in [0.1, 0.15) is 98.3 Å². The summed E-state index contributed by atoms with van der Waals surface area (Å²) < 4.78 is 6.90. The molecule has 10 nitrogen and oxygen atoms in total. The van der Waals surface area contributed by atoms with E-state index in [4.69, 9.17) is 4.74 Å². The molecule has 1 amide bonds. The van der Waals surface area contributed by atoms with Gasteiger partial charge in [0.25, 0.3) is 5.91 Å². The van der Waals surface area contributed by atoms with E-state index in [1.165, 1.54) is 58.0 Å². The Bertz CT molecular complexity index is 1360. The van der Waals surface area contributed by atoms with E-state index in [9.17, 15) is 9.59 Å². The molecule has 2 aromatic heterocycles. The van der Waals surface area contributed by atoms with Gasteiger partial charge in [-0.1, -0.05) is 31.4 Å². The van der Waals surface area contributed by atoms with Gasteiger partial charge in [0.1, 0.15) is 18.2 Å². The van der Waals surface area contributed by atoms with E-state index in [-0.39, 0.29) is 24.5 Å². The third kappa shape index (κ3) is 7.84. The van der Waals surface area contributed by atoms with E-state index in [1.54, 1.807) is 30.1 Å². The molecule has 10 heteroatoms. The van der Waals surface area contributed by atoms with E-state index < -0.39 is 0 Å². The van der Waals surface area contributed by atoms with E-state index in [0.717, 1.165) is 54.7 Å². The average Bonchev–Trinajstić information content (AvgIpc) is 3.77. The zero-order chi connectivity index (χ0) is 31.1. The van der Waals surface area contributed by atoms with Crippen LogP contribution in [0.4, 0.5) is 0 Å². The lowest BCUT2D eigenvalue weighted by molar-refractivity contribution is -0.143. The molecule has 0 radical (unpaired) electrons. The maximum atomic E-state index is 13.5. The van der Waals surface area contributed by atoms with Crippen LogP contribution >= 0.6 is 0 Å². The number of imidazole rings is 2. The van der Waals surface area contributed by atoms with Crippen LogP contribution < -0.4 is 5.32 Å². The highest BCUT2D eigenvalue weighted by molar-refractivity contribution is 5.94. The Morgan fingerprint density at radius 3 is 2.42 bits per heavy atom. The van der Waals surface area contributed by atoms with Crippen LogP contribution in [0.25, 0.3) is 0 Å². The van der Waals surface area contributed by atoms with Gasteiger partial charge in [-0.25, -0.2) is 9.97 Å². The molecule has 2 saturated heterocycles.